The summed E-state index contributed by atoms with van der Waals surface area (Å²) >= 11 is 7.19. The molecule has 2 rings (SSSR count). The molecule has 1 heterocycles. The van der Waals surface area contributed by atoms with Crippen molar-refractivity contribution in [1.29, 1.82) is 0 Å². The molecule has 1 aliphatic rings. The zero-order chi connectivity index (χ0) is 15.4. The van der Waals surface area contributed by atoms with Crippen molar-refractivity contribution < 1.29 is 0 Å². The molecular formula is C16H25Br2N3. The molecule has 0 unspecified atom stereocenters. The van der Waals surface area contributed by atoms with Gasteiger partial charge in [0.25, 0.3) is 0 Å². The summed E-state index contributed by atoms with van der Waals surface area (Å²) in [6.07, 6.45) is 2.38. The van der Waals surface area contributed by atoms with E-state index in [1.165, 1.54) is 12.0 Å². The third-order valence-corrected chi connectivity index (χ3v) is 5.21. The number of halogens is 2. The zero-order valence-corrected chi connectivity index (χ0v) is 16.0. The summed E-state index contributed by atoms with van der Waals surface area (Å²) < 4.78 is 2.07. The molecule has 1 aromatic rings. The highest BCUT2D eigenvalue weighted by molar-refractivity contribution is 9.11. The topological polar surface area (TPSA) is 41.3 Å². The van der Waals surface area contributed by atoms with Gasteiger partial charge in [0.05, 0.1) is 5.69 Å². The van der Waals surface area contributed by atoms with Crippen molar-refractivity contribution >= 4 is 37.5 Å². The van der Waals surface area contributed by atoms with Crippen LogP contribution in [-0.4, -0.2) is 31.1 Å². The van der Waals surface area contributed by atoms with Crippen LogP contribution in [0.3, 0.4) is 0 Å². The Kier molecular flexibility index (Phi) is 6.53. The summed E-state index contributed by atoms with van der Waals surface area (Å²) in [7, 11) is 0. The maximum absolute atomic E-state index is 6.36. The first-order valence-electron chi connectivity index (χ1n) is 7.68. The summed E-state index contributed by atoms with van der Waals surface area (Å²) in [6, 6.07) is 4.62. The van der Waals surface area contributed by atoms with Gasteiger partial charge in [-0.05, 0) is 52.4 Å². The van der Waals surface area contributed by atoms with Gasteiger partial charge in [-0.1, -0.05) is 29.8 Å². The molecule has 21 heavy (non-hydrogen) atoms. The van der Waals surface area contributed by atoms with Crippen LogP contribution >= 0.6 is 31.9 Å². The summed E-state index contributed by atoms with van der Waals surface area (Å²) in [4.78, 5) is 2.57. The Labute approximate surface area is 144 Å². The van der Waals surface area contributed by atoms with E-state index >= 15 is 0 Å². The smallest absolute Gasteiger partial charge is 0.0507 e. The minimum absolute atomic E-state index is 0.406. The summed E-state index contributed by atoms with van der Waals surface area (Å²) in [6.45, 7) is 8.88. The molecule has 1 aliphatic heterocycles. The van der Waals surface area contributed by atoms with E-state index in [9.17, 15) is 0 Å². The van der Waals surface area contributed by atoms with Gasteiger partial charge in [0.1, 0.15) is 0 Å². The van der Waals surface area contributed by atoms with Crippen LogP contribution in [0.15, 0.2) is 21.1 Å². The van der Waals surface area contributed by atoms with Crippen LogP contribution in [0.4, 0.5) is 5.69 Å². The minimum atomic E-state index is 0.406. The van der Waals surface area contributed by atoms with Crippen LogP contribution in [0.5, 0.6) is 0 Å². The maximum Gasteiger partial charge on any atom is 0.0507 e. The summed E-state index contributed by atoms with van der Waals surface area (Å²) in [5, 5.41) is 3.43. The highest BCUT2D eigenvalue weighted by Gasteiger charge is 2.25. The lowest BCUT2D eigenvalue weighted by atomic mass is 9.94. The molecule has 3 N–H and O–H groups in total. The largest absolute Gasteiger partial charge is 0.398 e. The van der Waals surface area contributed by atoms with Gasteiger partial charge in [-0.3, -0.25) is 4.90 Å². The van der Waals surface area contributed by atoms with Crippen molar-refractivity contribution in [2.75, 3.05) is 31.9 Å². The van der Waals surface area contributed by atoms with Crippen LogP contribution in [-0.2, 0) is 0 Å². The Bertz CT molecular complexity index is 471. The number of piperazine rings is 1. The van der Waals surface area contributed by atoms with E-state index in [4.69, 9.17) is 5.73 Å². The van der Waals surface area contributed by atoms with E-state index in [1.807, 2.05) is 6.07 Å². The maximum atomic E-state index is 6.36. The van der Waals surface area contributed by atoms with Gasteiger partial charge in [-0.15, -0.1) is 0 Å². The molecule has 0 spiro atoms. The molecule has 118 valence electrons. The van der Waals surface area contributed by atoms with Gasteiger partial charge in [-0.2, -0.15) is 0 Å². The second-order valence-electron chi connectivity index (χ2n) is 6.16. The van der Waals surface area contributed by atoms with E-state index in [0.29, 0.717) is 12.0 Å². The lowest BCUT2D eigenvalue weighted by molar-refractivity contribution is 0.160. The third-order valence-electron chi connectivity index (χ3n) is 4.10. The Morgan fingerprint density at radius 1 is 1.19 bits per heavy atom. The van der Waals surface area contributed by atoms with Crippen molar-refractivity contribution in [3.8, 4) is 0 Å². The van der Waals surface area contributed by atoms with E-state index < -0.39 is 0 Å². The van der Waals surface area contributed by atoms with Crippen LogP contribution in [0.1, 0.15) is 38.3 Å². The van der Waals surface area contributed by atoms with Gasteiger partial charge in [0.2, 0.25) is 0 Å². The predicted molar refractivity (Wildman–Crippen MR) is 97.5 cm³/mol. The van der Waals surface area contributed by atoms with Crippen LogP contribution in [0, 0.1) is 5.92 Å². The highest BCUT2D eigenvalue weighted by atomic mass is 79.9. The number of anilines is 1. The average molecular weight is 419 g/mol. The number of nitrogens with one attached hydrogen (secondary N) is 1. The standard InChI is InChI=1S/C16H25Br2N3/c1-11(2)3-4-15(21-7-5-20-6-8-21)13-9-12(17)10-14(18)16(13)19/h9-11,15,20H,3-8,19H2,1-2H3/t15-/m1/s1. The SMILES string of the molecule is CC(C)CC[C@H](c1cc(Br)cc(Br)c1N)N1CCNCC1. The lowest BCUT2D eigenvalue weighted by Crippen LogP contribution is -2.45. The van der Waals surface area contributed by atoms with Gasteiger partial charge < -0.3 is 11.1 Å². The van der Waals surface area contributed by atoms with Gasteiger partial charge in [0, 0.05) is 41.2 Å². The molecule has 1 saturated heterocycles. The Balaban J connectivity index is 2.29. The fourth-order valence-electron chi connectivity index (χ4n) is 2.90. The van der Waals surface area contributed by atoms with Crippen molar-refractivity contribution in [3.63, 3.8) is 0 Å². The van der Waals surface area contributed by atoms with E-state index in [-0.39, 0.29) is 0 Å². The first-order chi connectivity index (χ1) is 9.99. The molecule has 0 aromatic heterocycles. The Morgan fingerprint density at radius 3 is 2.48 bits per heavy atom. The molecule has 5 heteroatoms. The van der Waals surface area contributed by atoms with E-state index in [0.717, 1.165) is 47.2 Å². The number of nitrogen functional groups attached to an aromatic ring is 1. The van der Waals surface area contributed by atoms with Gasteiger partial charge in [0.15, 0.2) is 0 Å². The number of benzene rings is 1. The molecule has 0 amide bonds. The lowest BCUT2D eigenvalue weighted by Gasteiger charge is -2.36. The molecule has 3 nitrogen and oxygen atoms in total. The number of hydrogen-bond donors (Lipinski definition) is 2. The molecule has 1 aromatic carbocycles. The van der Waals surface area contributed by atoms with Crippen LogP contribution < -0.4 is 11.1 Å². The third kappa shape index (κ3) is 4.68. The van der Waals surface area contributed by atoms with Crippen molar-refractivity contribution in [2.24, 2.45) is 5.92 Å². The summed E-state index contributed by atoms with van der Waals surface area (Å²) in [5.41, 5.74) is 8.48. The first-order valence-corrected chi connectivity index (χ1v) is 9.26. The zero-order valence-electron chi connectivity index (χ0n) is 12.8. The number of nitrogens with two attached hydrogens (primary N) is 1. The highest BCUT2D eigenvalue weighted by Crippen LogP contribution is 2.37. The Hall–Kier alpha value is -0.100. The molecule has 1 fully saturated rings. The van der Waals surface area contributed by atoms with Gasteiger partial charge in [-0.25, -0.2) is 0 Å². The second-order valence-corrected chi connectivity index (χ2v) is 7.93. The van der Waals surface area contributed by atoms with Crippen molar-refractivity contribution in [3.05, 3.63) is 26.6 Å². The van der Waals surface area contributed by atoms with Crippen LogP contribution in [0.2, 0.25) is 0 Å². The van der Waals surface area contributed by atoms with Crippen molar-refractivity contribution in [2.45, 2.75) is 32.7 Å². The Morgan fingerprint density at radius 2 is 1.86 bits per heavy atom. The fourth-order valence-corrected chi connectivity index (χ4v) is 4.16. The first kappa shape index (κ1) is 17.3. The van der Waals surface area contributed by atoms with E-state index in [2.05, 4.69) is 62.0 Å². The summed E-state index contributed by atoms with van der Waals surface area (Å²) in [5.74, 6) is 0.715. The molecule has 0 radical (unpaired) electrons. The van der Waals surface area contributed by atoms with E-state index in [1.54, 1.807) is 0 Å². The molecule has 0 aliphatic carbocycles. The molecular weight excluding hydrogens is 394 g/mol. The molecule has 1 atom stereocenters. The minimum Gasteiger partial charge on any atom is -0.398 e. The van der Waals surface area contributed by atoms with Crippen LogP contribution in [0.25, 0.3) is 0 Å². The number of nitrogens with zero attached hydrogens (tertiary/aromatic N) is 1. The quantitative estimate of drug-likeness (QED) is 0.704. The monoisotopic (exact) mass is 417 g/mol. The number of hydrogen-bond acceptors (Lipinski definition) is 3. The van der Waals surface area contributed by atoms with Crippen molar-refractivity contribution in [1.82, 2.24) is 10.2 Å². The predicted octanol–water partition coefficient (Wildman–Crippen LogP) is 4.18. The molecule has 0 bridgehead atoms. The second kappa shape index (κ2) is 7.95. The molecule has 0 saturated carbocycles. The average Bonchev–Trinajstić information content (AvgIpc) is 2.45. The normalized spacial score (nSPS) is 18.1. The number of rotatable bonds is 5. The van der Waals surface area contributed by atoms with Gasteiger partial charge >= 0.3 is 0 Å². The fraction of sp³-hybridized carbons (Fsp3) is 0.625.